The van der Waals surface area contributed by atoms with Crippen molar-refractivity contribution in [3.8, 4) is 5.75 Å². The molecule has 1 fully saturated rings. The molecule has 0 unspecified atom stereocenters. The number of halogens is 1. The van der Waals surface area contributed by atoms with Crippen molar-refractivity contribution >= 4 is 21.4 Å². The Morgan fingerprint density at radius 2 is 1.95 bits per heavy atom. The third-order valence-electron chi connectivity index (χ3n) is 3.80. The van der Waals surface area contributed by atoms with Crippen molar-refractivity contribution in [2.24, 2.45) is 0 Å². The van der Waals surface area contributed by atoms with E-state index in [1.54, 1.807) is 12.1 Å². The molecule has 0 amide bonds. The van der Waals surface area contributed by atoms with Gasteiger partial charge in [0.15, 0.2) is 9.84 Å². The first kappa shape index (κ1) is 16.6. The summed E-state index contributed by atoms with van der Waals surface area (Å²) < 4.78 is 30.0. The van der Waals surface area contributed by atoms with Gasteiger partial charge in [-0.25, -0.2) is 8.42 Å². The Balaban J connectivity index is 1.99. The van der Waals surface area contributed by atoms with Crippen molar-refractivity contribution in [2.45, 2.75) is 30.6 Å². The molecule has 118 valence electrons. The van der Waals surface area contributed by atoms with E-state index in [4.69, 9.17) is 16.3 Å². The Bertz CT molecular complexity index is 568. The van der Waals surface area contributed by atoms with E-state index >= 15 is 0 Å². The molecule has 1 saturated heterocycles. The Morgan fingerprint density at radius 3 is 2.62 bits per heavy atom. The number of benzene rings is 1. The fraction of sp³-hybridized carbons (Fsp3) is 0.600. The lowest BCUT2D eigenvalue weighted by molar-refractivity contribution is 0.229. The maximum atomic E-state index is 12.4. The molecule has 0 aromatic heterocycles. The first-order chi connectivity index (χ1) is 10.0. The van der Waals surface area contributed by atoms with E-state index in [2.05, 4.69) is 4.90 Å². The molecule has 1 aliphatic heterocycles. The lowest BCUT2D eigenvalue weighted by atomic mass is 10.1. The molecular weight excluding hydrogens is 310 g/mol. The number of ether oxygens (including phenoxy) is 1. The Morgan fingerprint density at radius 1 is 1.24 bits per heavy atom. The van der Waals surface area contributed by atoms with Gasteiger partial charge in [0.05, 0.1) is 12.9 Å². The van der Waals surface area contributed by atoms with Crippen LogP contribution in [0.2, 0.25) is 5.02 Å². The number of hydrogen-bond donors (Lipinski definition) is 0. The van der Waals surface area contributed by atoms with E-state index in [-0.39, 0.29) is 10.6 Å². The van der Waals surface area contributed by atoms with Gasteiger partial charge in [0, 0.05) is 5.02 Å². The highest BCUT2D eigenvalue weighted by Gasteiger charge is 2.20. The van der Waals surface area contributed by atoms with Crippen LogP contribution in [0.25, 0.3) is 0 Å². The maximum absolute atomic E-state index is 12.4. The highest BCUT2D eigenvalue weighted by Crippen LogP contribution is 2.28. The van der Waals surface area contributed by atoms with Gasteiger partial charge in [-0.3, -0.25) is 0 Å². The molecule has 2 rings (SSSR count). The fourth-order valence-electron chi connectivity index (χ4n) is 2.66. The second-order valence-corrected chi connectivity index (χ2v) is 7.88. The van der Waals surface area contributed by atoms with E-state index in [1.807, 2.05) is 0 Å². The third kappa shape index (κ3) is 4.59. The summed E-state index contributed by atoms with van der Waals surface area (Å²) in [5.74, 6) is 0.484. The molecule has 1 aromatic rings. The van der Waals surface area contributed by atoms with Crippen LogP contribution in [0.1, 0.15) is 25.7 Å². The zero-order chi connectivity index (χ0) is 15.3. The summed E-state index contributed by atoms with van der Waals surface area (Å²) in [6.07, 6.45) is 4.36. The van der Waals surface area contributed by atoms with E-state index in [9.17, 15) is 8.42 Å². The molecule has 0 saturated carbocycles. The van der Waals surface area contributed by atoms with Crippen LogP contribution in [0.4, 0.5) is 0 Å². The summed E-state index contributed by atoms with van der Waals surface area (Å²) in [4.78, 5) is 2.53. The zero-order valence-corrected chi connectivity index (χ0v) is 13.9. The van der Waals surface area contributed by atoms with Crippen molar-refractivity contribution < 1.29 is 13.2 Å². The van der Waals surface area contributed by atoms with Gasteiger partial charge in [0.2, 0.25) is 0 Å². The Kier molecular flexibility index (Phi) is 5.90. The highest BCUT2D eigenvalue weighted by atomic mass is 35.5. The smallest absolute Gasteiger partial charge is 0.182 e. The maximum Gasteiger partial charge on any atom is 0.182 e. The number of hydrogen-bond acceptors (Lipinski definition) is 4. The van der Waals surface area contributed by atoms with Crippen LogP contribution >= 0.6 is 11.6 Å². The van der Waals surface area contributed by atoms with Crippen LogP contribution in [-0.2, 0) is 9.84 Å². The molecule has 21 heavy (non-hydrogen) atoms. The standard InChI is InChI=1S/C15H22ClNO3S/c1-20-14-7-6-13(16)12-15(14)21(18,19)11-5-10-17-8-3-2-4-9-17/h6-7,12H,2-5,8-11H2,1H3. The van der Waals surface area contributed by atoms with Gasteiger partial charge in [-0.2, -0.15) is 0 Å². The third-order valence-corrected chi connectivity index (χ3v) is 5.85. The van der Waals surface area contributed by atoms with Crippen LogP contribution in [0.3, 0.4) is 0 Å². The quantitative estimate of drug-likeness (QED) is 0.804. The lowest BCUT2D eigenvalue weighted by Gasteiger charge is -2.26. The number of rotatable bonds is 6. The van der Waals surface area contributed by atoms with Gasteiger partial charge in [0.1, 0.15) is 10.6 Å². The van der Waals surface area contributed by atoms with Crippen LogP contribution in [0.15, 0.2) is 23.1 Å². The van der Waals surface area contributed by atoms with E-state index in [0.29, 0.717) is 17.2 Å². The normalized spacial score (nSPS) is 16.9. The van der Waals surface area contributed by atoms with E-state index in [1.165, 1.54) is 32.4 Å². The van der Waals surface area contributed by atoms with Crippen LogP contribution in [0.5, 0.6) is 5.75 Å². The van der Waals surface area contributed by atoms with Crippen molar-refractivity contribution in [3.63, 3.8) is 0 Å². The van der Waals surface area contributed by atoms with Crippen molar-refractivity contribution in [2.75, 3.05) is 32.5 Å². The van der Waals surface area contributed by atoms with Gasteiger partial charge in [0.25, 0.3) is 0 Å². The number of piperidine rings is 1. The SMILES string of the molecule is COc1ccc(Cl)cc1S(=O)(=O)CCCN1CCCCC1. The highest BCUT2D eigenvalue weighted by molar-refractivity contribution is 7.91. The number of nitrogens with zero attached hydrogens (tertiary/aromatic N) is 1. The number of likely N-dealkylation sites (tertiary alicyclic amines) is 1. The largest absolute Gasteiger partial charge is 0.495 e. The molecule has 0 atom stereocenters. The van der Waals surface area contributed by atoms with Gasteiger partial charge >= 0.3 is 0 Å². The second-order valence-electron chi connectivity index (χ2n) is 5.37. The predicted octanol–water partition coefficient (Wildman–Crippen LogP) is 3.00. The summed E-state index contributed by atoms with van der Waals surface area (Å²) in [6.45, 7) is 3.00. The molecule has 0 radical (unpaired) electrons. The summed E-state index contributed by atoms with van der Waals surface area (Å²) >= 11 is 5.91. The van der Waals surface area contributed by atoms with Crippen molar-refractivity contribution in [3.05, 3.63) is 23.2 Å². The monoisotopic (exact) mass is 331 g/mol. The average molecular weight is 332 g/mol. The molecule has 0 aliphatic carbocycles. The molecule has 4 nitrogen and oxygen atoms in total. The minimum atomic E-state index is -3.36. The molecule has 1 aliphatic rings. The van der Waals surface area contributed by atoms with E-state index in [0.717, 1.165) is 19.6 Å². The molecular formula is C15H22ClNO3S. The van der Waals surface area contributed by atoms with Gasteiger partial charge in [-0.05, 0) is 57.1 Å². The minimum absolute atomic E-state index is 0.125. The van der Waals surface area contributed by atoms with Gasteiger partial charge in [-0.15, -0.1) is 0 Å². The van der Waals surface area contributed by atoms with E-state index < -0.39 is 9.84 Å². The molecule has 1 heterocycles. The summed E-state index contributed by atoms with van der Waals surface area (Å²) in [6, 6.07) is 4.70. The Hall–Kier alpha value is -0.780. The molecule has 0 N–H and O–H groups in total. The average Bonchev–Trinajstić information content (AvgIpc) is 2.48. The van der Waals surface area contributed by atoms with Crippen molar-refractivity contribution in [1.82, 2.24) is 4.90 Å². The number of methoxy groups -OCH3 is 1. The van der Waals surface area contributed by atoms with Gasteiger partial charge in [-0.1, -0.05) is 18.0 Å². The predicted molar refractivity (Wildman–Crippen MR) is 85.0 cm³/mol. The fourth-order valence-corrected chi connectivity index (χ4v) is 4.39. The minimum Gasteiger partial charge on any atom is -0.495 e. The molecule has 0 bridgehead atoms. The van der Waals surface area contributed by atoms with Crippen LogP contribution in [-0.4, -0.2) is 45.8 Å². The lowest BCUT2D eigenvalue weighted by Crippen LogP contribution is -2.31. The zero-order valence-electron chi connectivity index (χ0n) is 12.3. The molecule has 1 aromatic carbocycles. The first-order valence-electron chi connectivity index (χ1n) is 7.31. The summed E-state index contributed by atoms with van der Waals surface area (Å²) in [5.41, 5.74) is 0. The van der Waals surface area contributed by atoms with Crippen LogP contribution < -0.4 is 4.74 Å². The number of sulfone groups is 1. The van der Waals surface area contributed by atoms with Crippen molar-refractivity contribution in [1.29, 1.82) is 0 Å². The molecule has 0 spiro atoms. The summed E-state index contributed by atoms with van der Waals surface area (Å²) in [5, 5.41) is 0.408. The van der Waals surface area contributed by atoms with Gasteiger partial charge < -0.3 is 9.64 Å². The summed E-state index contributed by atoms with van der Waals surface area (Å²) in [7, 11) is -1.89. The Labute approximate surface area is 132 Å². The molecule has 6 heteroatoms. The second kappa shape index (κ2) is 7.47. The topological polar surface area (TPSA) is 46.6 Å². The van der Waals surface area contributed by atoms with Crippen LogP contribution in [0, 0.1) is 0 Å². The first-order valence-corrected chi connectivity index (χ1v) is 9.34.